The first kappa shape index (κ1) is 15.3. The molecule has 0 aliphatic heterocycles. The van der Waals surface area contributed by atoms with Crippen molar-refractivity contribution in [1.29, 1.82) is 0 Å². The zero-order valence-electron chi connectivity index (χ0n) is 13.9. The van der Waals surface area contributed by atoms with E-state index in [1.54, 1.807) is 13.0 Å². The predicted molar refractivity (Wildman–Crippen MR) is 99.0 cm³/mol. The Bertz CT molecular complexity index is 1090. The van der Waals surface area contributed by atoms with E-state index in [2.05, 4.69) is 0 Å². The average molecular weight is 328 g/mol. The monoisotopic (exact) mass is 328 g/mol. The molecule has 3 aromatic rings. The summed E-state index contributed by atoms with van der Waals surface area (Å²) in [6.45, 7) is 3.57. The van der Waals surface area contributed by atoms with Crippen LogP contribution in [0.25, 0.3) is 33.9 Å². The second kappa shape index (κ2) is 5.67. The number of nitrogens with zero attached hydrogens (tertiary/aromatic N) is 2. The van der Waals surface area contributed by atoms with Crippen LogP contribution in [0.1, 0.15) is 30.7 Å². The maximum Gasteiger partial charge on any atom is 0.331 e. The Hall–Kier alpha value is -3.27. The van der Waals surface area contributed by atoms with E-state index < -0.39 is 5.97 Å². The highest BCUT2D eigenvalue weighted by Crippen LogP contribution is 2.44. The van der Waals surface area contributed by atoms with Crippen molar-refractivity contribution in [2.24, 2.45) is 0 Å². The average Bonchev–Trinajstić information content (AvgIpc) is 2.93. The summed E-state index contributed by atoms with van der Waals surface area (Å²) in [4.78, 5) is 20.8. The lowest BCUT2D eigenvalue weighted by molar-refractivity contribution is -0.132. The molecule has 0 amide bonds. The number of aromatic nitrogens is 2. The van der Waals surface area contributed by atoms with Crippen molar-refractivity contribution in [3.8, 4) is 11.3 Å². The van der Waals surface area contributed by atoms with E-state index in [-0.39, 0.29) is 0 Å². The first-order chi connectivity index (χ1) is 12.1. The molecule has 0 radical (unpaired) electrons. The van der Waals surface area contributed by atoms with Gasteiger partial charge in [0.15, 0.2) is 0 Å². The van der Waals surface area contributed by atoms with Crippen LogP contribution < -0.4 is 0 Å². The van der Waals surface area contributed by atoms with Gasteiger partial charge in [-0.1, -0.05) is 36.4 Å². The molecule has 2 aromatic carbocycles. The van der Waals surface area contributed by atoms with Gasteiger partial charge in [0.05, 0.1) is 22.4 Å². The fourth-order valence-electron chi connectivity index (χ4n) is 3.26. The van der Waals surface area contributed by atoms with Crippen molar-refractivity contribution in [3.63, 3.8) is 0 Å². The molecule has 25 heavy (non-hydrogen) atoms. The van der Waals surface area contributed by atoms with Crippen LogP contribution in [-0.2, 0) is 4.79 Å². The zero-order valence-corrected chi connectivity index (χ0v) is 13.9. The number of benzene rings is 2. The van der Waals surface area contributed by atoms with Gasteiger partial charge in [-0.3, -0.25) is 0 Å². The molecule has 0 atom stereocenters. The third-order valence-electron chi connectivity index (χ3n) is 4.44. The lowest BCUT2D eigenvalue weighted by Crippen LogP contribution is -1.96. The number of hydrogen-bond donors (Lipinski definition) is 1. The second-order valence-electron chi connectivity index (χ2n) is 6.01. The Morgan fingerprint density at radius 1 is 1.00 bits per heavy atom. The maximum atomic E-state index is 11.2. The Morgan fingerprint density at radius 3 is 2.32 bits per heavy atom. The minimum atomic E-state index is -0.919. The van der Waals surface area contributed by atoms with Gasteiger partial charge in [-0.15, -0.1) is 0 Å². The summed E-state index contributed by atoms with van der Waals surface area (Å²) in [6.07, 6.45) is 3.72. The van der Waals surface area contributed by atoms with Gasteiger partial charge in [0, 0.05) is 22.3 Å². The first-order valence-electron chi connectivity index (χ1n) is 8.09. The summed E-state index contributed by atoms with van der Waals surface area (Å²) in [7, 11) is 0. The first-order valence-corrected chi connectivity index (χ1v) is 8.09. The number of para-hydroxylation sites is 2. The minimum Gasteiger partial charge on any atom is -0.478 e. The highest BCUT2D eigenvalue weighted by atomic mass is 16.4. The summed E-state index contributed by atoms with van der Waals surface area (Å²) in [5.74, 6) is -0.919. The van der Waals surface area contributed by atoms with Crippen LogP contribution in [-0.4, -0.2) is 21.0 Å². The van der Waals surface area contributed by atoms with Crippen LogP contribution >= 0.6 is 0 Å². The SMILES string of the molecule is C/C=C1/c2nc3ccccc3nc2-c2cccc(/C=C(\C)C(=O)O)c21. The van der Waals surface area contributed by atoms with Gasteiger partial charge in [-0.05, 0) is 37.6 Å². The van der Waals surface area contributed by atoms with Gasteiger partial charge >= 0.3 is 5.97 Å². The molecule has 0 saturated heterocycles. The molecule has 0 unspecified atom stereocenters. The molecule has 0 bridgehead atoms. The standard InChI is InChI=1S/C21H16N2O2/c1-3-14-18-13(11-12(2)21(24)25)7-6-8-15(18)20-19(14)22-16-9-4-5-10-17(16)23-20/h3-11H,1-2H3,(H,24,25)/b12-11+,14-3+. The third-order valence-corrected chi connectivity index (χ3v) is 4.44. The fourth-order valence-corrected chi connectivity index (χ4v) is 3.26. The van der Waals surface area contributed by atoms with Crippen LogP contribution in [0.15, 0.2) is 54.1 Å². The molecule has 1 aromatic heterocycles. The molecule has 4 nitrogen and oxygen atoms in total. The maximum absolute atomic E-state index is 11.2. The van der Waals surface area contributed by atoms with E-state index in [4.69, 9.17) is 9.97 Å². The fraction of sp³-hybridized carbons (Fsp3) is 0.0952. The number of carboxylic acids is 1. The number of rotatable bonds is 2. The Labute approximate surface area is 145 Å². The number of carboxylic acid groups (broad SMARTS) is 1. The molecule has 0 saturated carbocycles. The summed E-state index contributed by atoms with van der Waals surface area (Å²) < 4.78 is 0. The Kier molecular flexibility index (Phi) is 3.46. The van der Waals surface area contributed by atoms with E-state index >= 15 is 0 Å². The lowest BCUT2D eigenvalue weighted by Gasteiger charge is -2.06. The molecular formula is C21H16N2O2. The molecule has 1 aliphatic rings. The normalized spacial score (nSPS) is 14.6. The van der Waals surface area contributed by atoms with E-state index in [0.29, 0.717) is 5.57 Å². The van der Waals surface area contributed by atoms with Gasteiger partial charge in [-0.25, -0.2) is 14.8 Å². The molecule has 0 spiro atoms. The van der Waals surface area contributed by atoms with Crippen molar-refractivity contribution < 1.29 is 9.90 Å². The third kappa shape index (κ3) is 2.34. The highest BCUT2D eigenvalue weighted by molar-refractivity contribution is 6.04. The van der Waals surface area contributed by atoms with Crippen molar-refractivity contribution >= 4 is 28.7 Å². The van der Waals surface area contributed by atoms with Gasteiger partial charge < -0.3 is 5.11 Å². The second-order valence-corrected chi connectivity index (χ2v) is 6.01. The molecular weight excluding hydrogens is 312 g/mol. The summed E-state index contributed by atoms with van der Waals surface area (Å²) >= 11 is 0. The Morgan fingerprint density at radius 2 is 1.68 bits per heavy atom. The molecule has 4 rings (SSSR count). The number of allylic oxidation sites excluding steroid dienone is 1. The summed E-state index contributed by atoms with van der Waals surface area (Å²) in [5, 5.41) is 9.21. The van der Waals surface area contributed by atoms with Gasteiger partial charge in [0.1, 0.15) is 0 Å². The molecule has 0 fully saturated rings. The molecule has 1 N–H and O–H groups in total. The van der Waals surface area contributed by atoms with Gasteiger partial charge in [-0.2, -0.15) is 0 Å². The van der Waals surface area contributed by atoms with Gasteiger partial charge in [0.2, 0.25) is 0 Å². The van der Waals surface area contributed by atoms with Crippen LogP contribution in [0, 0.1) is 0 Å². The topological polar surface area (TPSA) is 63.1 Å². The van der Waals surface area contributed by atoms with Crippen molar-refractivity contribution in [1.82, 2.24) is 9.97 Å². The lowest BCUT2D eigenvalue weighted by atomic mass is 9.97. The quantitative estimate of drug-likeness (QED) is 0.548. The van der Waals surface area contributed by atoms with Crippen molar-refractivity contribution in [2.45, 2.75) is 13.8 Å². The number of fused-ring (bicyclic) bond motifs is 4. The molecule has 122 valence electrons. The van der Waals surface area contributed by atoms with Gasteiger partial charge in [0.25, 0.3) is 0 Å². The summed E-state index contributed by atoms with van der Waals surface area (Å²) in [5.41, 5.74) is 7.56. The smallest absolute Gasteiger partial charge is 0.331 e. The van der Waals surface area contributed by atoms with E-state index in [0.717, 1.165) is 44.7 Å². The molecule has 1 heterocycles. The van der Waals surface area contributed by atoms with Crippen LogP contribution in [0.4, 0.5) is 0 Å². The van der Waals surface area contributed by atoms with Crippen LogP contribution in [0.3, 0.4) is 0 Å². The molecule has 4 heteroatoms. The van der Waals surface area contributed by atoms with E-state index in [9.17, 15) is 9.90 Å². The van der Waals surface area contributed by atoms with Crippen LogP contribution in [0.5, 0.6) is 0 Å². The Balaban J connectivity index is 2.02. The highest BCUT2D eigenvalue weighted by Gasteiger charge is 2.28. The van der Waals surface area contributed by atoms with Crippen molar-refractivity contribution in [2.75, 3.05) is 0 Å². The minimum absolute atomic E-state index is 0.297. The number of aliphatic carboxylic acids is 1. The predicted octanol–water partition coefficient (Wildman–Crippen LogP) is 4.55. The van der Waals surface area contributed by atoms with E-state index in [1.165, 1.54) is 0 Å². The largest absolute Gasteiger partial charge is 0.478 e. The number of hydrogen-bond acceptors (Lipinski definition) is 3. The zero-order chi connectivity index (χ0) is 17.6. The van der Waals surface area contributed by atoms with Crippen molar-refractivity contribution in [3.05, 3.63) is 70.9 Å². The summed E-state index contributed by atoms with van der Waals surface area (Å²) in [6, 6.07) is 13.7. The van der Waals surface area contributed by atoms with E-state index in [1.807, 2.05) is 55.5 Å². The molecule has 1 aliphatic carbocycles. The number of carbonyl (C=O) groups is 1. The van der Waals surface area contributed by atoms with Crippen LogP contribution in [0.2, 0.25) is 0 Å².